The molecule has 30 heavy (non-hydrogen) atoms. The standard InChI is InChI=1S/C24H30N2O4/c1-15(16-7-5-4-6-8-16)25-23(28)13-18-12-20-19-11-17(26(2)3)9-10-21(19)30-24(20)22(14-27)29-18/h4-11,15,18,20,22,24,27H,12-14H2,1-3H3,(H,25,28)/t15-,18-,20+,22-,24-/m0/s1. The van der Waals surface area contributed by atoms with Gasteiger partial charge in [0.2, 0.25) is 5.91 Å². The van der Waals surface area contributed by atoms with E-state index in [9.17, 15) is 9.90 Å². The summed E-state index contributed by atoms with van der Waals surface area (Å²) in [5.41, 5.74) is 3.31. The number of rotatable bonds is 6. The Hall–Kier alpha value is -2.57. The van der Waals surface area contributed by atoms with Crippen LogP contribution in [-0.2, 0) is 9.53 Å². The molecule has 2 aromatic carbocycles. The van der Waals surface area contributed by atoms with Crippen LogP contribution >= 0.6 is 0 Å². The first-order valence-corrected chi connectivity index (χ1v) is 10.5. The summed E-state index contributed by atoms with van der Waals surface area (Å²) >= 11 is 0. The van der Waals surface area contributed by atoms with Gasteiger partial charge in [0.1, 0.15) is 18.0 Å². The van der Waals surface area contributed by atoms with Crippen molar-refractivity contribution < 1.29 is 19.4 Å². The molecule has 1 saturated heterocycles. The molecule has 2 aromatic rings. The first kappa shape index (κ1) is 20.7. The average molecular weight is 411 g/mol. The van der Waals surface area contributed by atoms with Crippen molar-refractivity contribution in [3.05, 3.63) is 59.7 Å². The quantitative estimate of drug-likeness (QED) is 0.766. The van der Waals surface area contributed by atoms with Crippen molar-refractivity contribution in [2.75, 3.05) is 25.6 Å². The Kier molecular flexibility index (Phi) is 5.97. The maximum atomic E-state index is 12.7. The number of anilines is 1. The highest BCUT2D eigenvalue weighted by atomic mass is 16.6. The number of nitrogens with one attached hydrogen (secondary N) is 1. The molecule has 1 fully saturated rings. The van der Waals surface area contributed by atoms with Crippen molar-refractivity contribution in [1.29, 1.82) is 0 Å². The third-order valence-electron chi connectivity index (χ3n) is 6.09. The number of aliphatic hydroxyl groups excluding tert-OH is 1. The van der Waals surface area contributed by atoms with E-state index in [1.807, 2.05) is 63.5 Å². The lowest BCUT2D eigenvalue weighted by Crippen LogP contribution is -2.47. The zero-order valence-electron chi connectivity index (χ0n) is 17.7. The first-order valence-electron chi connectivity index (χ1n) is 10.5. The smallest absolute Gasteiger partial charge is 0.223 e. The van der Waals surface area contributed by atoms with E-state index in [0.29, 0.717) is 6.42 Å². The molecular formula is C24H30N2O4. The van der Waals surface area contributed by atoms with Gasteiger partial charge in [-0.3, -0.25) is 4.79 Å². The molecule has 4 rings (SSSR count). The molecule has 5 atom stereocenters. The predicted molar refractivity (Wildman–Crippen MR) is 116 cm³/mol. The Morgan fingerprint density at radius 2 is 2.00 bits per heavy atom. The van der Waals surface area contributed by atoms with Crippen LogP contribution in [0.3, 0.4) is 0 Å². The molecule has 6 heteroatoms. The van der Waals surface area contributed by atoms with Gasteiger partial charge in [0.05, 0.1) is 25.2 Å². The van der Waals surface area contributed by atoms with Gasteiger partial charge in [-0.05, 0) is 37.1 Å². The number of hydrogen-bond acceptors (Lipinski definition) is 5. The minimum atomic E-state index is -0.441. The molecule has 2 N–H and O–H groups in total. The Balaban J connectivity index is 1.45. The largest absolute Gasteiger partial charge is 0.487 e. The number of benzene rings is 2. The predicted octanol–water partition coefficient (Wildman–Crippen LogP) is 3.01. The highest BCUT2D eigenvalue weighted by molar-refractivity contribution is 5.77. The summed E-state index contributed by atoms with van der Waals surface area (Å²) in [5, 5.41) is 13.0. The SMILES string of the molecule is C[C@H](NC(=O)C[C@@H]1C[C@@H]2c3cc(N(C)C)ccc3O[C@@H]2[C@H](CO)O1)c1ccccc1. The Morgan fingerprint density at radius 3 is 2.70 bits per heavy atom. The van der Waals surface area contributed by atoms with Gasteiger partial charge in [-0.2, -0.15) is 0 Å². The number of aliphatic hydroxyl groups is 1. The highest BCUT2D eigenvalue weighted by Gasteiger charge is 2.46. The Morgan fingerprint density at radius 1 is 1.23 bits per heavy atom. The monoisotopic (exact) mass is 410 g/mol. The van der Waals surface area contributed by atoms with Crippen molar-refractivity contribution in [3.8, 4) is 5.75 Å². The van der Waals surface area contributed by atoms with Crippen LogP contribution in [0.2, 0.25) is 0 Å². The van der Waals surface area contributed by atoms with Crippen molar-refractivity contribution in [2.24, 2.45) is 0 Å². The molecule has 6 nitrogen and oxygen atoms in total. The summed E-state index contributed by atoms with van der Waals surface area (Å²) in [4.78, 5) is 14.7. The normalized spacial score (nSPS) is 25.6. The molecule has 0 spiro atoms. The van der Waals surface area contributed by atoms with E-state index in [1.165, 1.54) is 0 Å². The zero-order chi connectivity index (χ0) is 21.3. The van der Waals surface area contributed by atoms with Crippen molar-refractivity contribution in [1.82, 2.24) is 5.32 Å². The number of nitrogens with zero attached hydrogens (tertiary/aromatic N) is 1. The Labute approximate surface area is 177 Å². The fourth-order valence-corrected chi connectivity index (χ4v) is 4.49. The lowest BCUT2D eigenvalue weighted by atomic mass is 9.84. The molecular weight excluding hydrogens is 380 g/mol. The molecule has 0 bridgehead atoms. The topological polar surface area (TPSA) is 71.0 Å². The maximum Gasteiger partial charge on any atom is 0.223 e. The van der Waals surface area contributed by atoms with Gasteiger partial charge in [0, 0.05) is 31.3 Å². The second-order valence-electron chi connectivity index (χ2n) is 8.42. The Bertz CT molecular complexity index is 886. The molecule has 0 saturated carbocycles. The molecule has 0 aromatic heterocycles. The molecule has 1 amide bonds. The fraction of sp³-hybridized carbons (Fsp3) is 0.458. The van der Waals surface area contributed by atoms with Gasteiger partial charge in [-0.15, -0.1) is 0 Å². The number of fused-ring (bicyclic) bond motifs is 3. The zero-order valence-corrected chi connectivity index (χ0v) is 17.7. The molecule has 2 aliphatic heterocycles. The van der Waals surface area contributed by atoms with E-state index < -0.39 is 6.10 Å². The lowest BCUT2D eigenvalue weighted by molar-refractivity contribution is -0.142. The van der Waals surface area contributed by atoms with Gasteiger partial charge in [0.15, 0.2) is 0 Å². The van der Waals surface area contributed by atoms with Gasteiger partial charge in [0.25, 0.3) is 0 Å². The van der Waals surface area contributed by atoms with Crippen molar-refractivity contribution in [2.45, 2.75) is 50.0 Å². The number of hydrogen-bond donors (Lipinski definition) is 2. The van der Waals surface area contributed by atoms with Crippen LogP contribution in [0.1, 0.15) is 42.9 Å². The number of ether oxygens (including phenoxy) is 2. The molecule has 0 radical (unpaired) electrons. The maximum absolute atomic E-state index is 12.7. The molecule has 2 heterocycles. The van der Waals surface area contributed by atoms with E-state index in [4.69, 9.17) is 9.47 Å². The molecule has 2 aliphatic rings. The number of carbonyl (C=O) groups excluding carboxylic acids is 1. The number of amides is 1. The van der Waals surface area contributed by atoms with Crippen LogP contribution in [0.5, 0.6) is 5.75 Å². The van der Waals surface area contributed by atoms with Gasteiger partial charge >= 0.3 is 0 Å². The van der Waals surface area contributed by atoms with Crippen molar-refractivity contribution >= 4 is 11.6 Å². The van der Waals surface area contributed by atoms with E-state index in [0.717, 1.165) is 22.6 Å². The van der Waals surface area contributed by atoms with Crippen LogP contribution in [0.15, 0.2) is 48.5 Å². The van der Waals surface area contributed by atoms with Crippen molar-refractivity contribution in [3.63, 3.8) is 0 Å². The van der Waals surface area contributed by atoms with Gasteiger partial charge in [-0.25, -0.2) is 0 Å². The number of carbonyl (C=O) groups is 1. The third kappa shape index (κ3) is 4.16. The minimum absolute atomic E-state index is 0.0485. The summed E-state index contributed by atoms with van der Waals surface area (Å²) in [6.45, 7) is 1.85. The van der Waals surface area contributed by atoms with Crippen LogP contribution in [-0.4, -0.2) is 50.0 Å². The second-order valence-corrected chi connectivity index (χ2v) is 8.42. The van der Waals surface area contributed by atoms with Crippen LogP contribution in [0, 0.1) is 0 Å². The third-order valence-corrected chi connectivity index (χ3v) is 6.09. The van der Waals surface area contributed by atoms with E-state index in [1.54, 1.807) is 0 Å². The van der Waals surface area contributed by atoms with E-state index >= 15 is 0 Å². The lowest BCUT2D eigenvalue weighted by Gasteiger charge is -2.37. The summed E-state index contributed by atoms with van der Waals surface area (Å²) < 4.78 is 12.2. The van der Waals surface area contributed by atoms with Crippen LogP contribution in [0.4, 0.5) is 5.69 Å². The summed E-state index contributed by atoms with van der Waals surface area (Å²) in [7, 11) is 4.02. The van der Waals surface area contributed by atoms with Crippen LogP contribution in [0.25, 0.3) is 0 Å². The molecule has 0 unspecified atom stereocenters. The summed E-state index contributed by atoms with van der Waals surface area (Å²) in [6.07, 6.45) is 0.0369. The van der Waals surface area contributed by atoms with Gasteiger partial charge in [-0.1, -0.05) is 30.3 Å². The van der Waals surface area contributed by atoms with E-state index in [2.05, 4.69) is 16.3 Å². The fourth-order valence-electron chi connectivity index (χ4n) is 4.49. The first-order chi connectivity index (χ1) is 14.5. The molecule has 160 valence electrons. The molecule has 0 aliphatic carbocycles. The second kappa shape index (κ2) is 8.66. The minimum Gasteiger partial charge on any atom is -0.487 e. The van der Waals surface area contributed by atoms with Gasteiger partial charge < -0.3 is 24.8 Å². The summed E-state index contributed by atoms with van der Waals surface area (Å²) in [5.74, 6) is 0.906. The highest BCUT2D eigenvalue weighted by Crippen LogP contribution is 2.47. The van der Waals surface area contributed by atoms with E-state index in [-0.39, 0.29) is 43.1 Å². The summed E-state index contributed by atoms with van der Waals surface area (Å²) in [6, 6.07) is 16.0. The van der Waals surface area contributed by atoms with Crippen LogP contribution < -0.4 is 15.0 Å². The average Bonchev–Trinajstić information content (AvgIpc) is 3.11.